The maximum absolute atomic E-state index is 17.2. The molecule has 6 heterocycles. The molecule has 0 bridgehead atoms. The number of hydrogen-bond donors (Lipinski definition) is 4. The van der Waals surface area contributed by atoms with E-state index in [1.807, 2.05) is 74.5 Å². The van der Waals surface area contributed by atoms with Gasteiger partial charge in [0, 0.05) is 109 Å². The number of carbonyl (C=O) groups is 4. The van der Waals surface area contributed by atoms with E-state index in [0.29, 0.717) is 95.1 Å². The topological polar surface area (TPSA) is 209 Å². The predicted octanol–water partition coefficient (Wildman–Crippen LogP) is 6.54. The van der Waals surface area contributed by atoms with Crippen LogP contribution in [0.25, 0.3) is 43.2 Å². The van der Waals surface area contributed by atoms with Gasteiger partial charge in [-0.2, -0.15) is 9.97 Å². The Bertz CT molecular complexity index is 3380. The highest BCUT2D eigenvalue weighted by atomic mass is 35.5. The number of phenolic OH excluding ortho intramolecular Hbond substituents is 1. The number of aromatic nitrogens is 3. The zero-order valence-corrected chi connectivity index (χ0v) is 50.5. The van der Waals surface area contributed by atoms with Gasteiger partial charge in [0.2, 0.25) is 23.6 Å². The summed E-state index contributed by atoms with van der Waals surface area (Å²) in [5.74, 6) is -1.35. The van der Waals surface area contributed by atoms with Crippen LogP contribution in [0.1, 0.15) is 51.3 Å². The summed E-state index contributed by atoms with van der Waals surface area (Å²) in [7, 11) is 0. The number of aromatic hydroxyl groups is 1. The minimum Gasteiger partial charge on any atom is -0.508 e. The second kappa shape index (κ2) is 27.2. The number of halogens is 2. The molecule has 0 unspecified atom stereocenters. The molecule has 4 fully saturated rings. The molecule has 0 radical (unpaired) electrons. The summed E-state index contributed by atoms with van der Waals surface area (Å²) in [6.45, 7) is 20.6. The maximum Gasteiger partial charge on any atom is 0.319 e. The van der Waals surface area contributed by atoms with Crippen molar-refractivity contribution in [1.29, 1.82) is 0 Å². The van der Waals surface area contributed by atoms with Crippen LogP contribution in [0.2, 0.25) is 5.02 Å². The van der Waals surface area contributed by atoms with Crippen LogP contribution in [0.3, 0.4) is 0 Å². The normalized spacial score (nSPS) is 18.9. The second-order valence-corrected chi connectivity index (χ2v) is 24.9. The summed E-state index contributed by atoms with van der Waals surface area (Å²) < 4.78 is 29.8. The molecule has 3 atom stereocenters. The first-order chi connectivity index (χ1) is 40.9. The number of aliphatic hydroxyl groups excluding tert-OH is 1. The summed E-state index contributed by atoms with van der Waals surface area (Å²) in [6, 6.07) is 18.7. The maximum atomic E-state index is 17.2. The smallest absolute Gasteiger partial charge is 0.319 e. The fourth-order valence-electron chi connectivity index (χ4n) is 11.9. The first-order valence-corrected chi connectivity index (χ1v) is 30.7. The Kier molecular flexibility index (Phi) is 19.6. The number of piperidine rings is 1. The van der Waals surface area contributed by atoms with E-state index in [1.54, 1.807) is 28.4 Å². The summed E-state index contributed by atoms with van der Waals surface area (Å²) in [5.41, 5.74) is 4.91. The Hall–Kier alpha value is -6.85. The van der Waals surface area contributed by atoms with Crippen LogP contribution in [-0.4, -0.2) is 209 Å². The molecule has 4 aromatic carbocycles. The predicted molar refractivity (Wildman–Crippen MR) is 328 cm³/mol. The number of hydrogen-bond acceptors (Lipinski definition) is 16. The second-order valence-electron chi connectivity index (χ2n) is 23.7. The van der Waals surface area contributed by atoms with Gasteiger partial charge in [0.25, 0.3) is 0 Å². The number of benzene rings is 4. The minimum absolute atomic E-state index is 0.0128. The first kappa shape index (κ1) is 61.2. The van der Waals surface area contributed by atoms with Crippen LogP contribution in [0, 0.1) is 18.2 Å². The average Bonchev–Trinajstić information content (AvgIpc) is 2.50. The number of piperazine rings is 2. The van der Waals surface area contributed by atoms with Crippen LogP contribution in [0.5, 0.6) is 11.8 Å². The van der Waals surface area contributed by atoms with Crippen molar-refractivity contribution in [3.8, 4) is 33.3 Å². The zero-order valence-electron chi connectivity index (χ0n) is 48.9. The van der Waals surface area contributed by atoms with Gasteiger partial charge in [-0.05, 0) is 83.3 Å². The van der Waals surface area contributed by atoms with E-state index in [-0.39, 0.29) is 77.1 Å². The van der Waals surface area contributed by atoms with E-state index in [2.05, 4.69) is 49.0 Å². The lowest BCUT2D eigenvalue weighted by Crippen LogP contribution is -2.59. The molecule has 0 spiro atoms. The van der Waals surface area contributed by atoms with Crippen LogP contribution >= 0.6 is 22.9 Å². The van der Waals surface area contributed by atoms with Gasteiger partial charge in [-0.25, -0.2) is 9.37 Å². The average molecular weight is 1200 g/mol. The van der Waals surface area contributed by atoms with Crippen molar-refractivity contribution in [2.45, 2.75) is 77.7 Å². The molecular weight excluding hydrogens is 1130 g/mol. The number of β-amino-alcohol motifs (C(OH)–C–C–N with tert-alkyl or cyclic N) is 1. The lowest BCUT2D eigenvalue weighted by molar-refractivity contribution is -0.144. The van der Waals surface area contributed by atoms with Gasteiger partial charge in [-0.15, -0.1) is 11.3 Å². The first-order valence-electron chi connectivity index (χ1n) is 29.5. The van der Waals surface area contributed by atoms with E-state index in [0.717, 1.165) is 71.7 Å². The van der Waals surface area contributed by atoms with E-state index >= 15 is 4.39 Å². The highest BCUT2D eigenvalue weighted by Gasteiger charge is 2.45. The van der Waals surface area contributed by atoms with Crippen LogP contribution in [-0.2, 0) is 30.3 Å². The number of ether oxygens (including phenoxy) is 2. The molecular formula is C63H77ClFN11O8S. The number of amides is 4. The van der Waals surface area contributed by atoms with Gasteiger partial charge >= 0.3 is 6.01 Å². The number of phenols is 1. The highest BCUT2D eigenvalue weighted by Crippen LogP contribution is 2.43. The molecule has 2 aromatic heterocycles. The van der Waals surface area contributed by atoms with Gasteiger partial charge in [-0.1, -0.05) is 87.5 Å². The van der Waals surface area contributed by atoms with E-state index in [1.165, 1.54) is 17.0 Å². The molecule has 4 saturated heterocycles. The number of aryl methyl sites for hydroxylation is 1. The van der Waals surface area contributed by atoms with Gasteiger partial charge < -0.3 is 49.9 Å². The molecule has 85 heavy (non-hydrogen) atoms. The lowest BCUT2D eigenvalue weighted by Gasteiger charge is -2.37. The highest BCUT2D eigenvalue weighted by molar-refractivity contribution is 7.13. The number of nitrogens with zero attached hydrogens (tertiary/aromatic N) is 9. The monoisotopic (exact) mass is 1200 g/mol. The largest absolute Gasteiger partial charge is 0.508 e. The van der Waals surface area contributed by atoms with Crippen molar-refractivity contribution in [2.24, 2.45) is 5.41 Å². The molecule has 0 aliphatic carbocycles. The number of anilines is 1. The molecule has 22 heteroatoms. The molecule has 4 aliphatic heterocycles. The summed E-state index contributed by atoms with van der Waals surface area (Å²) in [6.07, 6.45) is 2.36. The van der Waals surface area contributed by atoms with Gasteiger partial charge in [0.05, 0.1) is 47.0 Å². The molecule has 6 aromatic rings. The molecule has 10 rings (SSSR count). The molecule has 0 saturated carbocycles. The third-order valence-corrected chi connectivity index (χ3v) is 18.0. The number of carbonyl (C=O) groups excluding carboxylic acids is 4. The number of thiazole rings is 1. The van der Waals surface area contributed by atoms with E-state index in [9.17, 15) is 29.4 Å². The fraction of sp³-hybridized carbons (Fsp3) is 0.476. The SMILES string of the molecule is C=CC(=O)N1CCN(c2nc(OC3CCN(CCOCCN4CCN(CC(=O)N[C@H](C(=O)N5C[C@@H](O)C[C@H]5C(=O)NCCc5ccc(-c6scnc6C)cc5)C(C)(C)C)CC4)CC3)nc3c(F)c(-c4cc(O)cc5ccccc45)c(Cl)cc23)CC1. The van der Waals surface area contributed by atoms with Crippen LogP contribution in [0.15, 0.2) is 84.9 Å². The summed E-state index contributed by atoms with van der Waals surface area (Å²) >= 11 is 8.55. The van der Waals surface area contributed by atoms with Crippen LogP contribution < -0.4 is 20.3 Å². The van der Waals surface area contributed by atoms with Gasteiger partial charge in [-0.3, -0.25) is 29.0 Å². The quantitative estimate of drug-likeness (QED) is 0.0473. The van der Waals surface area contributed by atoms with Crippen molar-refractivity contribution in [2.75, 3.05) is 116 Å². The Morgan fingerprint density at radius 3 is 2.27 bits per heavy atom. The molecule has 4 N–H and O–H groups in total. The van der Waals surface area contributed by atoms with Crippen molar-refractivity contribution < 1.29 is 43.3 Å². The summed E-state index contributed by atoms with van der Waals surface area (Å²) in [4.78, 5) is 80.8. The minimum atomic E-state index is -0.905. The zero-order chi connectivity index (χ0) is 59.9. The van der Waals surface area contributed by atoms with E-state index in [4.69, 9.17) is 31.0 Å². The van der Waals surface area contributed by atoms with Crippen molar-refractivity contribution in [3.63, 3.8) is 0 Å². The van der Waals surface area contributed by atoms with Gasteiger partial charge in [0.1, 0.15) is 35.3 Å². The van der Waals surface area contributed by atoms with Crippen molar-refractivity contribution >= 4 is 74.1 Å². The third kappa shape index (κ3) is 14.7. The van der Waals surface area contributed by atoms with Crippen molar-refractivity contribution in [1.82, 2.24) is 50.1 Å². The number of nitrogens with one attached hydrogen (secondary N) is 2. The van der Waals surface area contributed by atoms with Crippen LogP contribution in [0.4, 0.5) is 10.2 Å². The Balaban J connectivity index is 0.659. The Morgan fingerprint density at radius 1 is 0.894 bits per heavy atom. The lowest BCUT2D eigenvalue weighted by atomic mass is 9.85. The fourth-order valence-corrected chi connectivity index (χ4v) is 13.0. The Morgan fingerprint density at radius 2 is 1.59 bits per heavy atom. The Labute approximate surface area is 504 Å². The summed E-state index contributed by atoms with van der Waals surface area (Å²) in [5, 5.41) is 29.4. The van der Waals surface area contributed by atoms with Gasteiger partial charge in [0.15, 0.2) is 5.82 Å². The molecule has 452 valence electrons. The number of rotatable bonds is 20. The number of fused-ring (bicyclic) bond motifs is 2. The number of aliphatic hydroxyl groups is 1. The molecule has 4 amide bonds. The standard InChI is InChI=1S/C63H77ClFN11O8S/c1-6-53(80)74-25-27-75(28-26-74)59-49-36-50(64)54(48-34-44(77)33-43-9-7-8-10-47(43)48)55(65)56(49)69-62(70-59)84-46-16-19-71(20-17-46)29-31-83-32-30-72-21-23-73(24-22-72)38-52(79)68-58(63(3,4)5)61(82)76-37-45(78)35-51(76)60(81)66-18-15-41-11-13-42(14-12-41)57-40(2)67-39-85-57/h6-14,33-34,36,39,45-46,51,58,77-78H,1,15-32,35,37-38H2,2-5H3,(H,66,81)(H,68,79)/t45-,51-,58+/m0/s1. The van der Waals surface area contributed by atoms with E-state index < -0.39 is 29.4 Å². The molecule has 19 nitrogen and oxygen atoms in total. The number of likely N-dealkylation sites (tertiary alicyclic amines) is 2. The van der Waals surface area contributed by atoms with Crippen molar-refractivity contribution in [3.05, 3.63) is 107 Å². The molecule has 4 aliphatic rings. The third-order valence-electron chi connectivity index (χ3n) is 16.7.